The van der Waals surface area contributed by atoms with E-state index in [0.29, 0.717) is 35.1 Å². The number of rotatable bonds is 2. The summed E-state index contributed by atoms with van der Waals surface area (Å²) in [6, 6.07) is 1.84. The van der Waals surface area contributed by atoms with Crippen molar-refractivity contribution in [3.05, 3.63) is 39.8 Å². The van der Waals surface area contributed by atoms with E-state index in [1.54, 1.807) is 15.8 Å². The number of hydrogen-bond donors (Lipinski definition) is 1. The maximum Gasteiger partial charge on any atom is 0.236 e. The Kier molecular flexibility index (Phi) is 3.98. The zero-order valence-corrected chi connectivity index (χ0v) is 15.1. The number of nitrogens with zero attached hydrogens (tertiary/aromatic N) is 3. The highest BCUT2D eigenvalue weighted by Gasteiger charge is 2.28. The second-order valence-electron chi connectivity index (χ2n) is 6.10. The SMILES string of the molecule is Cn1cc(-c2cc(Cl)c(Cl)c3oc4c(c23)CCN(C(=O)CN)C4)cn1. The first kappa shape index (κ1) is 16.4. The van der Waals surface area contributed by atoms with E-state index in [0.717, 1.165) is 27.8 Å². The Hall–Kier alpha value is -2.02. The third-order valence-electron chi connectivity index (χ3n) is 4.55. The first-order chi connectivity index (χ1) is 12.0. The summed E-state index contributed by atoms with van der Waals surface area (Å²) < 4.78 is 7.75. The van der Waals surface area contributed by atoms with Crippen LogP contribution in [0.4, 0.5) is 0 Å². The molecule has 0 bridgehead atoms. The van der Waals surface area contributed by atoms with Gasteiger partial charge in [-0.2, -0.15) is 5.10 Å². The summed E-state index contributed by atoms with van der Waals surface area (Å²) in [5.74, 6) is 0.639. The van der Waals surface area contributed by atoms with E-state index in [4.69, 9.17) is 33.4 Å². The summed E-state index contributed by atoms with van der Waals surface area (Å²) in [6.45, 7) is 0.980. The molecule has 1 aliphatic heterocycles. The van der Waals surface area contributed by atoms with Gasteiger partial charge in [-0.05, 0) is 18.1 Å². The maximum absolute atomic E-state index is 11.9. The molecule has 0 fully saturated rings. The fourth-order valence-corrected chi connectivity index (χ4v) is 3.73. The first-order valence-electron chi connectivity index (χ1n) is 7.88. The average molecular weight is 379 g/mol. The van der Waals surface area contributed by atoms with E-state index >= 15 is 0 Å². The van der Waals surface area contributed by atoms with Gasteiger partial charge in [0.25, 0.3) is 0 Å². The molecule has 0 atom stereocenters. The van der Waals surface area contributed by atoms with Gasteiger partial charge in [-0.15, -0.1) is 0 Å². The summed E-state index contributed by atoms with van der Waals surface area (Å²) in [7, 11) is 1.86. The van der Waals surface area contributed by atoms with Gasteiger partial charge in [-0.3, -0.25) is 9.48 Å². The van der Waals surface area contributed by atoms with Crippen molar-refractivity contribution < 1.29 is 9.21 Å². The Morgan fingerprint density at radius 3 is 2.92 bits per heavy atom. The Bertz CT molecular complexity index is 992. The summed E-state index contributed by atoms with van der Waals surface area (Å²) in [5.41, 5.74) is 8.97. The molecule has 0 unspecified atom stereocenters. The number of amides is 1. The summed E-state index contributed by atoms with van der Waals surface area (Å²) >= 11 is 12.7. The van der Waals surface area contributed by atoms with Crippen LogP contribution in [0.15, 0.2) is 22.9 Å². The van der Waals surface area contributed by atoms with Crippen LogP contribution in [0.25, 0.3) is 22.1 Å². The zero-order chi connectivity index (χ0) is 17.7. The molecule has 0 spiro atoms. The number of carbonyl (C=O) groups is 1. The van der Waals surface area contributed by atoms with Crippen molar-refractivity contribution >= 4 is 40.1 Å². The fraction of sp³-hybridized carbons (Fsp3) is 0.294. The molecular formula is C17H16Cl2N4O2. The van der Waals surface area contributed by atoms with Crippen molar-refractivity contribution in [1.29, 1.82) is 0 Å². The minimum atomic E-state index is -0.0947. The van der Waals surface area contributed by atoms with Crippen LogP contribution in [-0.4, -0.2) is 33.7 Å². The summed E-state index contributed by atoms with van der Waals surface area (Å²) in [4.78, 5) is 13.6. The number of benzene rings is 1. The zero-order valence-electron chi connectivity index (χ0n) is 13.6. The Balaban J connectivity index is 1.93. The predicted molar refractivity (Wildman–Crippen MR) is 96.6 cm³/mol. The quantitative estimate of drug-likeness (QED) is 0.743. The molecule has 0 radical (unpaired) electrons. The third-order valence-corrected chi connectivity index (χ3v) is 5.32. The molecule has 6 nitrogen and oxygen atoms in total. The Morgan fingerprint density at radius 1 is 1.44 bits per heavy atom. The van der Waals surface area contributed by atoms with Crippen LogP contribution in [0.3, 0.4) is 0 Å². The van der Waals surface area contributed by atoms with Crippen LogP contribution >= 0.6 is 23.2 Å². The van der Waals surface area contributed by atoms with Gasteiger partial charge in [-0.1, -0.05) is 23.2 Å². The van der Waals surface area contributed by atoms with Crippen LogP contribution in [0.2, 0.25) is 10.0 Å². The Labute approximate surface area is 154 Å². The second kappa shape index (κ2) is 6.05. The molecule has 0 saturated heterocycles. The van der Waals surface area contributed by atoms with E-state index in [2.05, 4.69) is 5.10 Å². The molecule has 3 heterocycles. The standard InChI is InChI=1S/C17H16Cl2N4O2/c1-22-7-9(6-21-22)11-4-12(18)16(19)17-15(11)10-2-3-23(14(24)5-20)8-13(10)25-17/h4,6-7H,2-3,5,8,20H2,1H3. The first-order valence-corrected chi connectivity index (χ1v) is 8.64. The average Bonchev–Trinajstić information content (AvgIpc) is 3.20. The van der Waals surface area contributed by atoms with Gasteiger partial charge in [0.05, 0.1) is 24.3 Å². The van der Waals surface area contributed by atoms with Gasteiger partial charge in [-0.25, -0.2) is 0 Å². The van der Waals surface area contributed by atoms with Gasteiger partial charge in [0.15, 0.2) is 5.58 Å². The van der Waals surface area contributed by atoms with Crippen molar-refractivity contribution in [3.63, 3.8) is 0 Å². The molecule has 0 saturated carbocycles. The van der Waals surface area contributed by atoms with Crippen LogP contribution < -0.4 is 5.73 Å². The normalized spacial score (nSPS) is 14.2. The van der Waals surface area contributed by atoms with Crippen molar-refractivity contribution in [1.82, 2.24) is 14.7 Å². The molecule has 1 amide bonds. The number of halogens is 2. The number of aryl methyl sites for hydroxylation is 1. The number of nitrogens with two attached hydrogens (primary N) is 1. The lowest BCUT2D eigenvalue weighted by Gasteiger charge is -2.25. The smallest absolute Gasteiger partial charge is 0.236 e. The lowest BCUT2D eigenvalue weighted by Crippen LogP contribution is -2.39. The summed E-state index contributed by atoms with van der Waals surface area (Å²) in [6.07, 6.45) is 4.39. The highest BCUT2D eigenvalue weighted by molar-refractivity contribution is 6.45. The highest BCUT2D eigenvalue weighted by atomic mass is 35.5. The molecule has 2 aromatic heterocycles. The number of hydrogen-bond acceptors (Lipinski definition) is 4. The minimum absolute atomic E-state index is 0.0108. The number of carbonyl (C=O) groups excluding carboxylic acids is 1. The van der Waals surface area contributed by atoms with E-state index in [9.17, 15) is 4.79 Å². The van der Waals surface area contributed by atoms with Gasteiger partial charge in [0.1, 0.15) is 10.8 Å². The number of fused-ring (bicyclic) bond motifs is 3. The van der Waals surface area contributed by atoms with Gasteiger partial charge < -0.3 is 15.1 Å². The topological polar surface area (TPSA) is 77.3 Å². The van der Waals surface area contributed by atoms with Crippen LogP contribution in [0.5, 0.6) is 0 Å². The number of aromatic nitrogens is 2. The number of furan rings is 1. The van der Waals surface area contributed by atoms with E-state index in [1.807, 2.05) is 19.3 Å². The third kappa shape index (κ3) is 2.61. The maximum atomic E-state index is 11.9. The van der Waals surface area contributed by atoms with E-state index in [-0.39, 0.29) is 12.5 Å². The van der Waals surface area contributed by atoms with Crippen molar-refractivity contribution in [2.75, 3.05) is 13.1 Å². The predicted octanol–water partition coefficient (Wildman–Crippen LogP) is 2.98. The lowest BCUT2D eigenvalue weighted by molar-refractivity contribution is -0.130. The lowest BCUT2D eigenvalue weighted by atomic mass is 9.97. The van der Waals surface area contributed by atoms with Gasteiger partial charge in [0.2, 0.25) is 5.91 Å². The summed E-state index contributed by atoms with van der Waals surface area (Å²) in [5, 5.41) is 5.99. The molecule has 2 N–H and O–H groups in total. The molecular weight excluding hydrogens is 363 g/mol. The molecule has 25 heavy (non-hydrogen) atoms. The van der Waals surface area contributed by atoms with Crippen LogP contribution in [0.1, 0.15) is 11.3 Å². The highest BCUT2D eigenvalue weighted by Crippen LogP contribution is 2.43. The molecule has 3 aromatic rings. The van der Waals surface area contributed by atoms with Gasteiger partial charge >= 0.3 is 0 Å². The second-order valence-corrected chi connectivity index (χ2v) is 6.89. The molecule has 1 aliphatic rings. The fourth-order valence-electron chi connectivity index (χ4n) is 3.34. The van der Waals surface area contributed by atoms with Crippen molar-refractivity contribution in [3.8, 4) is 11.1 Å². The molecule has 0 aliphatic carbocycles. The Morgan fingerprint density at radius 2 is 2.24 bits per heavy atom. The van der Waals surface area contributed by atoms with Crippen molar-refractivity contribution in [2.24, 2.45) is 12.8 Å². The monoisotopic (exact) mass is 378 g/mol. The largest absolute Gasteiger partial charge is 0.457 e. The molecule has 130 valence electrons. The molecule has 1 aromatic carbocycles. The van der Waals surface area contributed by atoms with Crippen LogP contribution in [0, 0.1) is 0 Å². The van der Waals surface area contributed by atoms with E-state index < -0.39 is 0 Å². The van der Waals surface area contributed by atoms with E-state index in [1.165, 1.54) is 0 Å². The molecule has 8 heteroatoms. The van der Waals surface area contributed by atoms with Gasteiger partial charge in [0, 0.05) is 36.3 Å². The van der Waals surface area contributed by atoms with Crippen molar-refractivity contribution in [2.45, 2.75) is 13.0 Å². The van der Waals surface area contributed by atoms with Crippen LogP contribution in [-0.2, 0) is 24.8 Å². The molecule has 4 rings (SSSR count). The minimum Gasteiger partial charge on any atom is -0.457 e.